The Morgan fingerprint density at radius 3 is 2.42 bits per heavy atom. The van der Waals surface area contributed by atoms with Crippen molar-refractivity contribution in [1.29, 1.82) is 0 Å². The fourth-order valence-electron chi connectivity index (χ4n) is 9.84. The number of Topliss-reactive ketones (excluding diaryl/α,β-unsaturated/α-hetero) is 1. The highest BCUT2D eigenvalue weighted by atomic mass is 16.7. The Bertz CT molecular complexity index is 1270. The van der Waals surface area contributed by atoms with E-state index in [2.05, 4.69) is 51.1 Å². The summed E-state index contributed by atoms with van der Waals surface area (Å²) in [5, 5.41) is 21.0. The molecule has 3 heterocycles. The predicted molar refractivity (Wildman–Crippen MR) is 189 cm³/mol. The fraction of sp³-hybridized carbons (Fsp3) is 0.846. The van der Waals surface area contributed by atoms with Crippen molar-refractivity contribution in [3.63, 3.8) is 0 Å². The molecule has 0 aromatic carbocycles. The number of esters is 1. The first-order chi connectivity index (χ1) is 23.9. The van der Waals surface area contributed by atoms with Gasteiger partial charge in [0, 0.05) is 27.8 Å². The Morgan fingerprint density at radius 2 is 1.72 bits per heavy atom. The van der Waals surface area contributed by atoms with Gasteiger partial charge in [0.15, 0.2) is 18.4 Å². The zero-order valence-corrected chi connectivity index (χ0v) is 31.0. The number of carbonyl (C=O) groups excluding carboxylic acids is 2. The highest BCUT2D eigenvalue weighted by Gasteiger charge is 2.52. The van der Waals surface area contributed by atoms with Crippen LogP contribution >= 0.6 is 0 Å². The number of likely N-dealkylation sites (N-methyl/N-ethyl adjacent to an activating group) is 1. The van der Waals surface area contributed by atoms with E-state index in [1.54, 1.807) is 6.92 Å². The number of ether oxygens (including phenoxy) is 6. The van der Waals surface area contributed by atoms with Crippen molar-refractivity contribution < 1.29 is 51.1 Å². The number of methoxy groups -OCH3 is 1. The topological polar surface area (TPSA) is 133 Å². The molecular formula is C39H65NO10. The van der Waals surface area contributed by atoms with E-state index in [0.29, 0.717) is 12.5 Å². The number of aliphatic hydroxyl groups is 2. The monoisotopic (exact) mass is 707 g/mol. The van der Waals surface area contributed by atoms with Crippen molar-refractivity contribution >= 4 is 11.8 Å². The van der Waals surface area contributed by atoms with Crippen LogP contribution in [-0.2, 0) is 38.0 Å². The van der Waals surface area contributed by atoms with Crippen LogP contribution in [0.1, 0.15) is 88.3 Å². The Labute approximate surface area is 301 Å². The van der Waals surface area contributed by atoms with Crippen LogP contribution < -0.4 is 0 Å². The lowest BCUT2D eigenvalue weighted by atomic mass is 9.70. The molecule has 2 N–H and O–H groups in total. The maximum Gasteiger partial charge on any atom is 0.306 e. The Hall–Kier alpha value is -1.70. The third-order valence-electron chi connectivity index (χ3n) is 12.8. The third-order valence-corrected chi connectivity index (χ3v) is 12.8. The number of hydrogen-bond donors (Lipinski definition) is 2. The zero-order chi connectivity index (χ0) is 35.9. The van der Waals surface area contributed by atoms with Crippen LogP contribution in [0.15, 0.2) is 23.8 Å². The lowest BCUT2D eigenvalue weighted by Gasteiger charge is -2.41. The quantitative estimate of drug-likeness (QED) is 0.283. The van der Waals surface area contributed by atoms with Gasteiger partial charge in [-0.2, -0.15) is 0 Å². The van der Waals surface area contributed by atoms with Crippen LogP contribution in [0.3, 0.4) is 0 Å². The summed E-state index contributed by atoms with van der Waals surface area (Å²) in [5.41, 5.74) is 0.730. The number of allylic oxidation sites excluding steroid dienone is 4. The summed E-state index contributed by atoms with van der Waals surface area (Å²) < 4.78 is 37.0. The molecule has 0 bridgehead atoms. The molecule has 0 aromatic heterocycles. The van der Waals surface area contributed by atoms with Crippen molar-refractivity contribution in [2.75, 3.05) is 21.2 Å². The first-order valence-corrected chi connectivity index (χ1v) is 19.2. The van der Waals surface area contributed by atoms with E-state index in [0.717, 1.165) is 50.5 Å². The molecule has 3 saturated heterocycles. The highest BCUT2D eigenvalue weighted by molar-refractivity contribution is 5.99. The fourth-order valence-corrected chi connectivity index (χ4v) is 9.84. The van der Waals surface area contributed by atoms with Crippen molar-refractivity contribution in [3.05, 3.63) is 23.8 Å². The number of aliphatic hydroxyl groups excluding tert-OH is 2. The van der Waals surface area contributed by atoms with Crippen molar-refractivity contribution in [2.24, 2.45) is 35.5 Å². The summed E-state index contributed by atoms with van der Waals surface area (Å²) in [4.78, 5) is 30.2. The molecule has 4 fully saturated rings. The van der Waals surface area contributed by atoms with Crippen molar-refractivity contribution in [3.8, 4) is 0 Å². The van der Waals surface area contributed by atoms with Gasteiger partial charge in [0.2, 0.25) is 0 Å². The van der Waals surface area contributed by atoms with E-state index in [-0.39, 0.29) is 87.2 Å². The lowest BCUT2D eigenvalue weighted by molar-refractivity contribution is -0.308. The molecule has 11 heteroatoms. The largest absolute Gasteiger partial charge is 0.462 e. The van der Waals surface area contributed by atoms with Gasteiger partial charge in [-0.3, -0.25) is 9.59 Å². The second kappa shape index (κ2) is 16.1. The molecule has 3 aliphatic carbocycles. The average Bonchev–Trinajstić information content (AvgIpc) is 3.66. The molecule has 50 heavy (non-hydrogen) atoms. The number of nitrogens with zero attached hydrogens (tertiary/aromatic N) is 1. The second-order valence-electron chi connectivity index (χ2n) is 16.1. The smallest absolute Gasteiger partial charge is 0.306 e. The number of rotatable bonds is 7. The van der Waals surface area contributed by atoms with Gasteiger partial charge < -0.3 is 43.5 Å². The molecule has 286 valence electrons. The normalized spacial score (nSPS) is 47.1. The predicted octanol–water partition coefficient (Wildman–Crippen LogP) is 4.67. The standard InChI is InChI=1S/C39H61NO10.2H2/c1-8-24-10-9-11-32(50-34-15-14-31(40(5)6)21(3)46-34)20(2)35(42)30-18-28-26(29(30)19-33(41)48-24)13-12-23-16-25(17-27(23)28)49-39-38(45-7)37(44)36(43)22(4)47-39;;/h12-13,18,20-29,31-32,34,36-39,43-44H,8-11,14-17,19H2,1-7H3;2*1H/t20-,21-,22+,23-,24+,25-,26-,27-,28-,29+,31+,32+,34+,36+,37-,38-,39+;;/m1../s1. The summed E-state index contributed by atoms with van der Waals surface area (Å²) in [6, 6.07) is 0.329. The Balaban J connectivity index is 0.00000302. The van der Waals surface area contributed by atoms with Gasteiger partial charge in [-0.05, 0) is 109 Å². The molecule has 0 amide bonds. The third kappa shape index (κ3) is 7.81. The Morgan fingerprint density at radius 1 is 0.940 bits per heavy atom. The first-order valence-electron chi connectivity index (χ1n) is 19.2. The summed E-state index contributed by atoms with van der Waals surface area (Å²) >= 11 is 0. The molecule has 0 aromatic rings. The molecule has 17 atom stereocenters. The number of fused-ring (bicyclic) bond motifs is 5. The van der Waals surface area contributed by atoms with E-state index < -0.39 is 30.7 Å². The Kier molecular flexibility index (Phi) is 12.3. The summed E-state index contributed by atoms with van der Waals surface area (Å²) in [7, 11) is 5.64. The highest BCUT2D eigenvalue weighted by Crippen LogP contribution is 2.54. The second-order valence-corrected chi connectivity index (χ2v) is 16.1. The molecule has 3 aliphatic heterocycles. The van der Waals surface area contributed by atoms with Gasteiger partial charge in [0.25, 0.3) is 0 Å². The van der Waals surface area contributed by atoms with Crippen LogP contribution in [0.25, 0.3) is 0 Å². The van der Waals surface area contributed by atoms with Gasteiger partial charge in [0.1, 0.15) is 24.4 Å². The van der Waals surface area contributed by atoms with E-state index in [1.807, 2.05) is 6.92 Å². The van der Waals surface area contributed by atoms with Crippen molar-refractivity contribution in [2.45, 2.75) is 153 Å². The maximum atomic E-state index is 14.6. The average molecular weight is 708 g/mol. The summed E-state index contributed by atoms with van der Waals surface area (Å²) in [6.45, 7) is 7.86. The van der Waals surface area contributed by atoms with Crippen LogP contribution in [0.2, 0.25) is 0 Å². The molecule has 0 spiro atoms. The van der Waals surface area contributed by atoms with Crippen LogP contribution in [0.5, 0.6) is 0 Å². The number of hydrogen-bond acceptors (Lipinski definition) is 11. The minimum atomic E-state index is -1.12. The molecule has 6 rings (SSSR count). The maximum absolute atomic E-state index is 14.6. The molecule has 1 saturated carbocycles. The van der Waals surface area contributed by atoms with Gasteiger partial charge in [-0.25, -0.2) is 0 Å². The SMILES string of the molecule is CC[C@H]1CCC[C@H](O[C@H]2CC[C@H](N(C)C)[C@@H](C)O2)[C@@H](C)C(=O)C2=C[C@@H]3[C@@H](C=C[C@@H]4C[C@@H](O[C@@H]5O[C@@H](C)[C@H](O)[C@@H](O)[C@H]5OC)C[C@@H]34)[C@@H]2CC(=O)O1.[HH].[HH]. The molecule has 6 aliphatic rings. The molecular weight excluding hydrogens is 642 g/mol. The van der Waals surface area contributed by atoms with Crippen LogP contribution in [-0.4, -0.2) is 116 Å². The summed E-state index contributed by atoms with van der Waals surface area (Å²) in [5.74, 6) is -0.273. The van der Waals surface area contributed by atoms with Crippen LogP contribution in [0, 0.1) is 35.5 Å². The molecule has 0 radical (unpaired) electrons. The van der Waals surface area contributed by atoms with Crippen LogP contribution in [0.4, 0.5) is 0 Å². The van der Waals surface area contributed by atoms with Crippen molar-refractivity contribution in [1.82, 2.24) is 4.90 Å². The van der Waals surface area contributed by atoms with E-state index in [4.69, 9.17) is 28.4 Å². The number of carbonyl (C=O) groups is 2. The zero-order valence-electron chi connectivity index (χ0n) is 31.0. The van der Waals surface area contributed by atoms with Gasteiger partial charge in [-0.1, -0.05) is 32.1 Å². The van der Waals surface area contributed by atoms with E-state index in [9.17, 15) is 19.8 Å². The summed E-state index contributed by atoms with van der Waals surface area (Å²) in [6.07, 6.45) is 7.73. The van der Waals surface area contributed by atoms with E-state index in [1.165, 1.54) is 7.11 Å². The minimum Gasteiger partial charge on any atom is -0.462 e. The lowest BCUT2D eigenvalue weighted by Crippen LogP contribution is -2.58. The number of cyclic esters (lactones) is 1. The van der Waals surface area contributed by atoms with E-state index >= 15 is 0 Å². The van der Waals surface area contributed by atoms with Gasteiger partial charge in [0.05, 0.1) is 30.8 Å². The molecule has 11 nitrogen and oxygen atoms in total. The minimum absolute atomic E-state index is 0. The molecule has 0 unspecified atom stereocenters. The first kappa shape index (κ1) is 38.0. The number of ketones is 1. The van der Waals surface area contributed by atoms with Gasteiger partial charge in [-0.15, -0.1) is 0 Å². The van der Waals surface area contributed by atoms with Gasteiger partial charge >= 0.3 is 5.97 Å².